The van der Waals surface area contributed by atoms with Crippen LogP contribution >= 0.6 is 0 Å². The van der Waals surface area contributed by atoms with E-state index in [0.717, 1.165) is 18.9 Å². The Morgan fingerprint density at radius 1 is 1.44 bits per heavy atom. The molecule has 1 aliphatic rings. The number of nitrogens with zero attached hydrogens (tertiary/aromatic N) is 2. The van der Waals surface area contributed by atoms with Crippen LogP contribution < -0.4 is 5.32 Å². The molecule has 0 bridgehead atoms. The number of hydrogen-bond donors (Lipinski definition) is 1. The molecule has 0 saturated heterocycles. The third kappa shape index (κ3) is 3.42. The van der Waals surface area contributed by atoms with Gasteiger partial charge < -0.3 is 5.32 Å². The standard InChI is InChI=1S/C13H19N3O2/c17-16(18)12-8-4-10-15-13(12)14-9-3-7-11-5-1-2-6-11/h4,8,10-11H,1-3,5-7,9H2,(H,14,15). The highest BCUT2D eigenvalue weighted by Crippen LogP contribution is 2.28. The van der Waals surface area contributed by atoms with E-state index in [0.29, 0.717) is 5.82 Å². The zero-order chi connectivity index (χ0) is 12.8. The van der Waals surface area contributed by atoms with Crippen molar-refractivity contribution in [1.82, 2.24) is 4.98 Å². The van der Waals surface area contributed by atoms with E-state index in [1.54, 1.807) is 12.3 Å². The first kappa shape index (κ1) is 12.8. The minimum atomic E-state index is -0.397. The molecular formula is C13H19N3O2. The van der Waals surface area contributed by atoms with E-state index >= 15 is 0 Å². The summed E-state index contributed by atoms with van der Waals surface area (Å²) in [4.78, 5) is 14.4. The van der Waals surface area contributed by atoms with Gasteiger partial charge in [0.2, 0.25) is 5.82 Å². The Labute approximate surface area is 107 Å². The molecule has 1 aromatic heterocycles. The molecule has 1 heterocycles. The van der Waals surface area contributed by atoms with Gasteiger partial charge in [-0.15, -0.1) is 0 Å². The first-order valence-electron chi connectivity index (χ1n) is 6.60. The number of pyridine rings is 1. The van der Waals surface area contributed by atoms with Crippen LogP contribution in [0, 0.1) is 16.0 Å². The van der Waals surface area contributed by atoms with Crippen molar-refractivity contribution in [2.75, 3.05) is 11.9 Å². The summed E-state index contributed by atoms with van der Waals surface area (Å²) in [7, 11) is 0. The van der Waals surface area contributed by atoms with Gasteiger partial charge in [0.15, 0.2) is 0 Å². The van der Waals surface area contributed by atoms with Gasteiger partial charge in [-0.05, 0) is 24.8 Å². The van der Waals surface area contributed by atoms with E-state index in [4.69, 9.17) is 0 Å². The topological polar surface area (TPSA) is 68.1 Å². The fourth-order valence-corrected chi connectivity index (χ4v) is 2.58. The molecule has 18 heavy (non-hydrogen) atoms. The highest BCUT2D eigenvalue weighted by atomic mass is 16.6. The van der Waals surface area contributed by atoms with Gasteiger partial charge in [-0.25, -0.2) is 4.98 Å². The van der Waals surface area contributed by atoms with Crippen molar-refractivity contribution in [1.29, 1.82) is 0 Å². The summed E-state index contributed by atoms with van der Waals surface area (Å²) in [6.07, 6.45) is 9.28. The molecule has 0 spiro atoms. The highest BCUT2D eigenvalue weighted by molar-refractivity contribution is 5.54. The normalized spacial score (nSPS) is 15.8. The van der Waals surface area contributed by atoms with Crippen molar-refractivity contribution in [2.45, 2.75) is 38.5 Å². The van der Waals surface area contributed by atoms with Crippen molar-refractivity contribution in [3.8, 4) is 0 Å². The summed E-state index contributed by atoms with van der Waals surface area (Å²) >= 11 is 0. The van der Waals surface area contributed by atoms with Crippen LogP contribution in [-0.2, 0) is 0 Å². The minimum absolute atomic E-state index is 0.0540. The average Bonchev–Trinajstić information content (AvgIpc) is 2.88. The first-order valence-corrected chi connectivity index (χ1v) is 6.60. The van der Waals surface area contributed by atoms with Crippen LogP contribution in [0.3, 0.4) is 0 Å². The largest absolute Gasteiger partial charge is 0.364 e. The van der Waals surface area contributed by atoms with E-state index in [2.05, 4.69) is 10.3 Å². The van der Waals surface area contributed by atoms with Gasteiger partial charge in [-0.1, -0.05) is 25.7 Å². The first-order chi connectivity index (χ1) is 8.77. The average molecular weight is 249 g/mol. The molecule has 1 aromatic rings. The Bertz CT molecular complexity index is 403. The maximum Gasteiger partial charge on any atom is 0.311 e. The van der Waals surface area contributed by atoms with Gasteiger partial charge in [0.05, 0.1) is 4.92 Å². The molecule has 1 N–H and O–H groups in total. The number of nitro groups is 1. The quantitative estimate of drug-likeness (QED) is 0.477. The zero-order valence-corrected chi connectivity index (χ0v) is 10.5. The number of anilines is 1. The minimum Gasteiger partial charge on any atom is -0.364 e. The van der Waals surface area contributed by atoms with E-state index in [1.807, 2.05) is 0 Å². The van der Waals surface area contributed by atoms with Crippen molar-refractivity contribution >= 4 is 11.5 Å². The fourth-order valence-electron chi connectivity index (χ4n) is 2.58. The van der Waals surface area contributed by atoms with Gasteiger partial charge in [0.1, 0.15) is 0 Å². The summed E-state index contributed by atoms with van der Waals surface area (Å²) in [5.74, 6) is 1.25. The van der Waals surface area contributed by atoms with E-state index in [9.17, 15) is 10.1 Å². The van der Waals surface area contributed by atoms with Crippen LogP contribution in [0.4, 0.5) is 11.5 Å². The van der Waals surface area contributed by atoms with Gasteiger partial charge >= 0.3 is 5.69 Å². The Balaban J connectivity index is 1.77. The third-order valence-electron chi connectivity index (χ3n) is 3.54. The molecule has 1 fully saturated rings. The van der Waals surface area contributed by atoms with Crippen molar-refractivity contribution < 1.29 is 4.92 Å². The van der Waals surface area contributed by atoms with E-state index in [-0.39, 0.29) is 5.69 Å². The summed E-state index contributed by atoms with van der Waals surface area (Å²) < 4.78 is 0. The van der Waals surface area contributed by atoms with Gasteiger partial charge in [-0.3, -0.25) is 10.1 Å². The second-order valence-electron chi connectivity index (χ2n) is 4.85. The Morgan fingerprint density at radius 3 is 2.94 bits per heavy atom. The molecule has 0 radical (unpaired) electrons. The van der Waals surface area contributed by atoms with Gasteiger partial charge in [0.25, 0.3) is 0 Å². The lowest BCUT2D eigenvalue weighted by Crippen LogP contribution is -2.07. The van der Waals surface area contributed by atoms with Crippen LogP contribution in [0.5, 0.6) is 0 Å². The Morgan fingerprint density at radius 2 is 2.22 bits per heavy atom. The monoisotopic (exact) mass is 249 g/mol. The van der Waals surface area contributed by atoms with Crippen LogP contribution in [0.1, 0.15) is 38.5 Å². The number of hydrogen-bond acceptors (Lipinski definition) is 4. The van der Waals surface area contributed by atoms with Gasteiger partial charge in [0, 0.05) is 18.8 Å². The number of aromatic nitrogens is 1. The number of nitrogens with one attached hydrogen (secondary N) is 1. The lowest BCUT2D eigenvalue weighted by atomic mass is 10.0. The fraction of sp³-hybridized carbons (Fsp3) is 0.615. The third-order valence-corrected chi connectivity index (χ3v) is 3.54. The van der Waals surface area contributed by atoms with Crippen LogP contribution in [0.15, 0.2) is 18.3 Å². The van der Waals surface area contributed by atoms with Gasteiger partial charge in [-0.2, -0.15) is 0 Å². The molecule has 0 unspecified atom stereocenters. The second kappa shape index (κ2) is 6.33. The predicted molar refractivity (Wildman–Crippen MR) is 70.6 cm³/mol. The summed E-state index contributed by atoms with van der Waals surface area (Å²) in [6, 6.07) is 3.06. The molecule has 2 rings (SSSR count). The maximum atomic E-state index is 10.8. The van der Waals surface area contributed by atoms with Crippen molar-refractivity contribution in [3.63, 3.8) is 0 Å². The number of rotatable bonds is 6. The van der Waals surface area contributed by atoms with E-state index in [1.165, 1.54) is 38.2 Å². The predicted octanol–water partition coefficient (Wildman–Crippen LogP) is 3.37. The lowest BCUT2D eigenvalue weighted by molar-refractivity contribution is -0.384. The molecule has 0 aliphatic heterocycles. The Hall–Kier alpha value is -1.65. The molecule has 1 saturated carbocycles. The molecule has 0 amide bonds. The van der Waals surface area contributed by atoms with Crippen molar-refractivity contribution in [3.05, 3.63) is 28.4 Å². The second-order valence-corrected chi connectivity index (χ2v) is 4.85. The lowest BCUT2D eigenvalue weighted by Gasteiger charge is -2.09. The molecular weight excluding hydrogens is 230 g/mol. The summed E-state index contributed by atoms with van der Waals surface area (Å²) in [5, 5.41) is 13.9. The molecule has 1 aliphatic carbocycles. The summed E-state index contributed by atoms with van der Waals surface area (Å²) in [5.41, 5.74) is 0.0540. The molecule has 98 valence electrons. The van der Waals surface area contributed by atoms with Crippen LogP contribution in [0.25, 0.3) is 0 Å². The molecule has 0 aromatic carbocycles. The smallest absolute Gasteiger partial charge is 0.311 e. The SMILES string of the molecule is O=[N+]([O-])c1cccnc1NCCCC1CCCC1. The highest BCUT2D eigenvalue weighted by Gasteiger charge is 2.15. The van der Waals surface area contributed by atoms with Crippen LogP contribution in [0.2, 0.25) is 0 Å². The maximum absolute atomic E-state index is 10.8. The molecule has 5 nitrogen and oxygen atoms in total. The molecule has 0 atom stereocenters. The van der Waals surface area contributed by atoms with Crippen LogP contribution in [-0.4, -0.2) is 16.5 Å². The van der Waals surface area contributed by atoms with Crippen molar-refractivity contribution in [2.24, 2.45) is 5.92 Å². The summed E-state index contributed by atoms with van der Waals surface area (Å²) in [6.45, 7) is 0.758. The zero-order valence-electron chi connectivity index (χ0n) is 10.5. The Kier molecular flexibility index (Phi) is 4.50. The molecule has 5 heteroatoms. The van der Waals surface area contributed by atoms with E-state index < -0.39 is 4.92 Å².